The predicted molar refractivity (Wildman–Crippen MR) is 115 cm³/mol. The van der Waals surface area contributed by atoms with Gasteiger partial charge in [0.2, 0.25) is 5.95 Å². The molecule has 3 aromatic rings. The SMILES string of the molecule is CCOc1cc(Cc2cnc(N)nc2N)cc(OS(N)(=O)=O)c1-c1cccc(N)c1. The van der Waals surface area contributed by atoms with E-state index in [0.717, 1.165) is 0 Å². The van der Waals surface area contributed by atoms with Gasteiger partial charge in [0.05, 0.1) is 12.2 Å². The van der Waals surface area contributed by atoms with Crippen LogP contribution < -0.4 is 31.3 Å². The van der Waals surface area contributed by atoms with Gasteiger partial charge < -0.3 is 26.1 Å². The monoisotopic (exact) mass is 430 g/mol. The summed E-state index contributed by atoms with van der Waals surface area (Å²) >= 11 is 0. The van der Waals surface area contributed by atoms with E-state index in [9.17, 15) is 8.42 Å². The number of ether oxygens (including phenoxy) is 1. The Morgan fingerprint density at radius 1 is 1.07 bits per heavy atom. The minimum Gasteiger partial charge on any atom is -0.493 e. The van der Waals surface area contributed by atoms with E-state index in [1.54, 1.807) is 36.4 Å². The highest BCUT2D eigenvalue weighted by Crippen LogP contribution is 2.41. The lowest BCUT2D eigenvalue weighted by atomic mass is 9.98. The molecule has 8 N–H and O–H groups in total. The van der Waals surface area contributed by atoms with E-state index >= 15 is 0 Å². The molecule has 0 spiro atoms. The average molecular weight is 430 g/mol. The van der Waals surface area contributed by atoms with Gasteiger partial charge in [-0.3, -0.25) is 0 Å². The van der Waals surface area contributed by atoms with Crippen molar-refractivity contribution in [2.24, 2.45) is 5.14 Å². The standard InChI is InChI=1S/C19H22N6O4S/c1-2-28-15-7-11(6-13-10-24-19(22)25-18(13)21)8-16(29-30(23,26)27)17(15)12-4-3-5-14(20)9-12/h3-5,7-10H,2,6,20H2,1H3,(H2,23,26,27)(H4,21,22,24,25). The maximum absolute atomic E-state index is 11.7. The molecule has 0 aliphatic rings. The second kappa shape index (κ2) is 8.43. The zero-order valence-corrected chi connectivity index (χ0v) is 17.0. The fourth-order valence-electron chi connectivity index (χ4n) is 2.98. The Morgan fingerprint density at radius 3 is 2.43 bits per heavy atom. The molecule has 0 saturated heterocycles. The smallest absolute Gasteiger partial charge is 0.380 e. The van der Waals surface area contributed by atoms with Crippen LogP contribution in [0.1, 0.15) is 18.1 Å². The molecule has 0 fully saturated rings. The fourth-order valence-corrected chi connectivity index (χ4v) is 3.36. The molecular weight excluding hydrogens is 408 g/mol. The second-order valence-electron chi connectivity index (χ2n) is 6.42. The van der Waals surface area contributed by atoms with E-state index in [1.165, 1.54) is 6.20 Å². The van der Waals surface area contributed by atoms with Gasteiger partial charge in [-0.25, -0.2) is 4.98 Å². The molecule has 11 heteroatoms. The summed E-state index contributed by atoms with van der Waals surface area (Å²) < 4.78 is 34.3. The Balaban J connectivity index is 2.18. The highest BCUT2D eigenvalue weighted by atomic mass is 32.2. The molecule has 1 aromatic heterocycles. The Kier molecular flexibility index (Phi) is 5.94. The van der Waals surface area contributed by atoms with Crippen molar-refractivity contribution in [2.45, 2.75) is 13.3 Å². The first-order valence-electron chi connectivity index (χ1n) is 8.91. The van der Waals surface area contributed by atoms with Crippen molar-refractivity contribution in [1.29, 1.82) is 0 Å². The van der Waals surface area contributed by atoms with Crippen LogP contribution in [0.25, 0.3) is 11.1 Å². The van der Waals surface area contributed by atoms with Gasteiger partial charge in [0.15, 0.2) is 5.75 Å². The molecule has 30 heavy (non-hydrogen) atoms. The van der Waals surface area contributed by atoms with Gasteiger partial charge in [-0.2, -0.15) is 18.5 Å². The third-order valence-corrected chi connectivity index (χ3v) is 4.53. The van der Waals surface area contributed by atoms with Crippen molar-refractivity contribution in [2.75, 3.05) is 23.8 Å². The molecular formula is C19H22N6O4S. The summed E-state index contributed by atoms with van der Waals surface area (Å²) in [7, 11) is -4.31. The molecule has 0 atom stereocenters. The molecule has 0 amide bonds. The van der Waals surface area contributed by atoms with Crippen LogP contribution in [0, 0.1) is 0 Å². The van der Waals surface area contributed by atoms with Crippen molar-refractivity contribution in [1.82, 2.24) is 9.97 Å². The van der Waals surface area contributed by atoms with Gasteiger partial charge in [0.25, 0.3) is 0 Å². The van der Waals surface area contributed by atoms with E-state index in [2.05, 4.69) is 9.97 Å². The van der Waals surface area contributed by atoms with Crippen LogP contribution in [0.3, 0.4) is 0 Å². The van der Waals surface area contributed by atoms with Crippen LogP contribution in [-0.2, 0) is 16.7 Å². The molecule has 0 radical (unpaired) electrons. The summed E-state index contributed by atoms with van der Waals surface area (Å²) in [6.07, 6.45) is 1.79. The third-order valence-electron chi connectivity index (χ3n) is 4.12. The minimum absolute atomic E-state index is 0.000940. The molecule has 10 nitrogen and oxygen atoms in total. The Hall–Kier alpha value is -3.57. The number of rotatable bonds is 7. The van der Waals surface area contributed by atoms with Gasteiger partial charge in [0.1, 0.15) is 11.6 Å². The first-order chi connectivity index (χ1) is 14.2. The van der Waals surface area contributed by atoms with Crippen molar-refractivity contribution in [3.05, 3.63) is 53.7 Å². The highest BCUT2D eigenvalue weighted by molar-refractivity contribution is 7.84. The average Bonchev–Trinajstić information content (AvgIpc) is 2.63. The lowest BCUT2D eigenvalue weighted by Gasteiger charge is -2.17. The number of nitrogens with two attached hydrogens (primary N) is 4. The van der Waals surface area contributed by atoms with Crippen molar-refractivity contribution < 1.29 is 17.3 Å². The second-order valence-corrected chi connectivity index (χ2v) is 7.57. The molecule has 1 heterocycles. The van der Waals surface area contributed by atoms with Crippen molar-refractivity contribution in [3.63, 3.8) is 0 Å². The van der Waals surface area contributed by atoms with E-state index in [1.807, 2.05) is 6.92 Å². The van der Waals surface area contributed by atoms with E-state index in [0.29, 0.717) is 40.3 Å². The minimum atomic E-state index is -4.31. The quantitative estimate of drug-likeness (QED) is 0.403. The van der Waals surface area contributed by atoms with Crippen LogP contribution in [0.4, 0.5) is 17.5 Å². The highest BCUT2D eigenvalue weighted by Gasteiger charge is 2.20. The first-order valence-corrected chi connectivity index (χ1v) is 10.4. The number of hydrogen-bond donors (Lipinski definition) is 4. The Morgan fingerprint density at radius 2 is 1.80 bits per heavy atom. The van der Waals surface area contributed by atoms with Crippen LogP contribution in [0.5, 0.6) is 11.5 Å². The summed E-state index contributed by atoms with van der Waals surface area (Å²) in [5.74, 6) is 0.670. The van der Waals surface area contributed by atoms with Gasteiger partial charge in [0, 0.05) is 23.9 Å². The summed E-state index contributed by atoms with van der Waals surface area (Å²) in [6, 6.07) is 10.2. The molecule has 0 bridgehead atoms. The maximum atomic E-state index is 11.7. The largest absolute Gasteiger partial charge is 0.493 e. The lowest BCUT2D eigenvalue weighted by molar-refractivity contribution is 0.340. The molecule has 2 aromatic carbocycles. The van der Waals surface area contributed by atoms with E-state index < -0.39 is 10.3 Å². The summed E-state index contributed by atoms with van der Waals surface area (Å²) in [6.45, 7) is 2.14. The summed E-state index contributed by atoms with van der Waals surface area (Å²) in [5, 5.41) is 5.14. The van der Waals surface area contributed by atoms with Crippen molar-refractivity contribution >= 4 is 27.8 Å². The van der Waals surface area contributed by atoms with Gasteiger partial charge in [-0.15, -0.1) is 0 Å². The topological polar surface area (TPSA) is 182 Å². The van der Waals surface area contributed by atoms with Crippen LogP contribution in [0.15, 0.2) is 42.6 Å². The van der Waals surface area contributed by atoms with Gasteiger partial charge in [-0.1, -0.05) is 12.1 Å². The molecule has 3 rings (SSSR count). The normalized spacial score (nSPS) is 11.3. The third kappa shape index (κ3) is 5.07. The zero-order valence-electron chi connectivity index (χ0n) is 16.2. The lowest BCUT2D eigenvalue weighted by Crippen LogP contribution is -2.19. The van der Waals surface area contributed by atoms with Crippen LogP contribution >= 0.6 is 0 Å². The number of nitrogens with zero attached hydrogens (tertiary/aromatic N) is 2. The van der Waals surface area contributed by atoms with Gasteiger partial charge in [-0.05, 0) is 42.3 Å². The molecule has 0 aliphatic heterocycles. The number of anilines is 3. The fraction of sp³-hybridized carbons (Fsp3) is 0.158. The van der Waals surface area contributed by atoms with E-state index in [-0.39, 0.29) is 23.9 Å². The predicted octanol–water partition coefficient (Wildman–Crippen LogP) is 1.46. The number of aromatic nitrogens is 2. The molecule has 0 aliphatic carbocycles. The molecule has 158 valence electrons. The van der Waals surface area contributed by atoms with Crippen molar-refractivity contribution in [3.8, 4) is 22.6 Å². The molecule has 0 saturated carbocycles. The Labute approximate surface area is 174 Å². The number of hydrogen-bond acceptors (Lipinski definition) is 9. The Bertz CT molecular complexity index is 1180. The number of nitrogen functional groups attached to an aromatic ring is 3. The summed E-state index contributed by atoms with van der Waals surface area (Å²) in [4.78, 5) is 7.88. The first kappa shape index (κ1) is 21.1. The maximum Gasteiger partial charge on any atom is 0.380 e. The summed E-state index contributed by atoms with van der Waals surface area (Å²) in [5.41, 5.74) is 20.1. The van der Waals surface area contributed by atoms with Crippen LogP contribution in [0.2, 0.25) is 0 Å². The van der Waals surface area contributed by atoms with E-state index in [4.69, 9.17) is 31.3 Å². The number of benzene rings is 2. The van der Waals surface area contributed by atoms with Gasteiger partial charge >= 0.3 is 10.3 Å². The zero-order chi connectivity index (χ0) is 21.9. The molecule has 0 unspecified atom stereocenters. The van der Waals surface area contributed by atoms with Crippen LogP contribution in [-0.4, -0.2) is 25.0 Å².